The second kappa shape index (κ2) is 10.9. The van der Waals surface area contributed by atoms with E-state index in [-0.39, 0.29) is 13.0 Å². The summed E-state index contributed by atoms with van der Waals surface area (Å²) in [5.41, 5.74) is 5.04. The van der Waals surface area contributed by atoms with Crippen LogP contribution in [0.25, 0.3) is 11.1 Å². The molecule has 3 aromatic carbocycles. The molecule has 34 heavy (non-hydrogen) atoms. The van der Waals surface area contributed by atoms with Gasteiger partial charge in [0.2, 0.25) is 0 Å². The van der Waals surface area contributed by atoms with Crippen LogP contribution in [-0.4, -0.2) is 42.4 Å². The van der Waals surface area contributed by atoms with Gasteiger partial charge in [0.15, 0.2) is 0 Å². The molecule has 3 N–H and O–H groups in total. The highest BCUT2D eigenvalue weighted by Gasteiger charge is 2.23. The zero-order valence-electron chi connectivity index (χ0n) is 19.7. The minimum Gasteiger partial charge on any atom is -0.496 e. The number of ether oxygens (including phenoxy) is 2. The molecule has 0 heterocycles. The number of hydrogen-bond acceptors (Lipinski definition) is 5. The van der Waals surface area contributed by atoms with Crippen molar-refractivity contribution < 1.29 is 29.3 Å². The van der Waals surface area contributed by atoms with E-state index in [0.29, 0.717) is 22.6 Å². The molecule has 0 saturated heterocycles. The van der Waals surface area contributed by atoms with E-state index in [1.807, 2.05) is 56.3 Å². The molecule has 0 bridgehead atoms. The second-order valence-corrected chi connectivity index (χ2v) is 8.07. The highest BCUT2D eigenvalue weighted by Crippen LogP contribution is 2.39. The van der Waals surface area contributed by atoms with Crippen molar-refractivity contribution in [3.8, 4) is 22.6 Å². The third kappa shape index (κ3) is 5.38. The Morgan fingerprint density at radius 3 is 1.94 bits per heavy atom. The molecule has 1 unspecified atom stereocenters. The number of amides is 1. The van der Waals surface area contributed by atoms with E-state index >= 15 is 0 Å². The molecule has 0 aliphatic carbocycles. The number of aliphatic hydroxyl groups excluding tert-OH is 1. The van der Waals surface area contributed by atoms with Crippen LogP contribution >= 0.6 is 0 Å². The van der Waals surface area contributed by atoms with Gasteiger partial charge in [-0.25, -0.2) is 4.79 Å². The molecular formula is C27H29NO6. The predicted octanol–water partition coefficient (Wildman–Crippen LogP) is 3.91. The normalized spacial score (nSPS) is 11.6. The average molecular weight is 464 g/mol. The van der Waals surface area contributed by atoms with Crippen molar-refractivity contribution in [3.05, 3.63) is 82.4 Å². The van der Waals surface area contributed by atoms with Crippen LogP contribution in [0, 0.1) is 13.8 Å². The Bertz CT molecular complexity index is 1140. The zero-order valence-corrected chi connectivity index (χ0v) is 19.7. The van der Waals surface area contributed by atoms with Gasteiger partial charge in [-0.15, -0.1) is 0 Å². The Morgan fingerprint density at radius 1 is 0.912 bits per heavy atom. The summed E-state index contributed by atoms with van der Waals surface area (Å²) in [5, 5.41) is 21.9. The van der Waals surface area contributed by atoms with Crippen LogP contribution in [0.15, 0.2) is 54.6 Å². The van der Waals surface area contributed by atoms with Gasteiger partial charge in [-0.05, 0) is 53.8 Å². The fraction of sp³-hybridized carbons (Fsp3) is 0.259. The van der Waals surface area contributed by atoms with Crippen LogP contribution < -0.4 is 14.8 Å². The Kier molecular flexibility index (Phi) is 7.91. The number of carbonyl (C=O) groups is 2. The van der Waals surface area contributed by atoms with E-state index in [1.54, 1.807) is 26.4 Å². The van der Waals surface area contributed by atoms with Crippen LogP contribution in [0.4, 0.5) is 0 Å². The number of carboxylic acids is 1. The van der Waals surface area contributed by atoms with Gasteiger partial charge < -0.3 is 25.0 Å². The molecule has 7 nitrogen and oxygen atoms in total. The third-order valence-electron chi connectivity index (χ3n) is 5.74. The molecule has 0 aromatic heterocycles. The van der Waals surface area contributed by atoms with Gasteiger partial charge in [-0.2, -0.15) is 0 Å². The molecule has 0 saturated carbocycles. The second-order valence-electron chi connectivity index (χ2n) is 8.07. The molecule has 3 aromatic rings. The Labute approximate surface area is 199 Å². The lowest BCUT2D eigenvalue weighted by Crippen LogP contribution is -2.42. The Balaban J connectivity index is 1.84. The van der Waals surface area contributed by atoms with Gasteiger partial charge in [0.25, 0.3) is 5.91 Å². The molecule has 1 amide bonds. The SMILES string of the molecule is COc1cc(CO)cc(OC)c1-c1ccc(CC(NC(=O)c2c(C)cccc2C)C(=O)O)cc1. The molecule has 178 valence electrons. The quantitative estimate of drug-likeness (QED) is 0.445. The number of benzene rings is 3. The number of carbonyl (C=O) groups excluding carboxylic acids is 1. The Morgan fingerprint density at radius 2 is 1.47 bits per heavy atom. The third-order valence-corrected chi connectivity index (χ3v) is 5.74. The minimum absolute atomic E-state index is 0.129. The van der Waals surface area contributed by atoms with Crippen molar-refractivity contribution in [3.63, 3.8) is 0 Å². The summed E-state index contributed by atoms with van der Waals surface area (Å²) >= 11 is 0. The van der Waals surface area contributed by atoms with Crippen molar-refractivity contribution in [2.45, 2.75) is 32.9 Å². The summed E-state index contributed by atoms with van der Waals surface area (Å²) in [6.45, 7) is 3.51. The largest absolute Gasteiger partial charge is 0.496 e. The summed E-state index contributed by atoms with van der Waals surface area (Å²) in [7, 11) is 3.09. The first kappa shape index (κ1) is 24.8. The number of methoxy groups -OCH3 is 2. The van der Waals surface area contributed by atoms with Crippen LogP contribution in [0.1, 0.15) is 32.6 Å². The first-order chi connectivity index (χ1) is 16.3. The number of rotatable bonds is 9. The highest BCUT2D eigenvalue weighted by molar-refractivity contribution is 5.99. The van der Waals surface area contributed by atoms with E-state index in [4.69, 9.17) is 9.47 Å². The molecule has 0 aliphatic heterocycles. The monoisotopic (exact) mass is 463 g/mol. The number of aryl methyl sites for hydroxylation is 2. The van der Waals surface area contributed by atoms with Gasteiger partial charge in [0.05, 0.1) is 26.4 Å². The van der Waals surface area contributed by atoms with Crippen LogP contribution in [0.3, 0.4) is 0 Å². The first-order valence-electron chi connectivity index (χ1n) is 10.8. The van der Waals surface area contributed by atoms with Crippen LogP contribution in [0.5, 0.6) is 11.5 Å². The molecule has 0 aliphatic rings. The van der Waals surface area contributed by atoms with Gasteiger partial charge in [0, 0.05) is 12.0 Å². The number of hydrogen-bond donors (Lipinski definition) is 3. The van der Waals surface area contributed by atoms with E-state index < -0.39 is 17.9 Å². The van der Waals surface area contributed by atoms with Gasteiger partial charge in [-0.3, -0.25) is 4.79 Å². The number of nitrogens with one attached hydrogen (secondary N) is 1. The smallest absolute Gasteiger partial charge is 0.326 e. The fourth-order valence-corrected chi connectivity index (χ4v) is 3.99. The number of carboxylic acid groups (broad SMARTS) is 1. The van der Waals surface area contributed by atoms with Gasteiger partial charge >= 0.3 is 5.97 Å². The first-order valence-corrected chi connectivity index (χ1v) is 10.8. The zero-order chi connectivity index (χ0) is 24.8. The average Bonchev–Trinajstić information content (AvgIpc) is 2.83. The van der Waals surface area contributed by atoms with Gasteiger partial charge in [0.1, 0.15) is 17.5 Å². The van der Waals surface area contributed by atoms with E-state index in [2.05, 4.69) is 5.32 Å². The van der Waals surface area contributed by atoms with Crippen molar-refractivity contribution in [1.82, 2.24) is 5.32 Å². The van der Waals surface area contributed by atoms with Crippen molar-refractivity contribution in [2.75, 3.05) is 14.2 Å². The Hall–Kier alpha value is -3.84. The van der Waals surface area contributed by atoms with Crippen LogP contribution in [-0.2, 0) is 17.8 Å². The van der Waals surface area contributed by atoms with Gasteiger partial charge in [-0.1, -0.05) is 42.5 Å². The van der Waals surface area contributed by atoms with Crippen molar-refractivity contribution in [2.24, 2.45) is 0 Å². The van der Waals surface area contributed by atoms with Crippen LogP contribution in [0.2, 0.25) is 0 Å². The van der Waals surface area contributed by atoms with E-state index in [0.717, 1.165) is 27.8 Å². The summed E-state index contributed by atoms with van der Waals surface area (Å²) in [6.07, 6.45) is 0.129. The van der Waals surface area contributed by atoms with Crippen molar-refractivity contribution >= 4 is 11.9 Å². The van der Waals surface area contributed by atoms with E-state index in [1.165, 1.54) is 0 Å². The van der Waals surface area contributed by atoms with E-state index in [9.17, 15) is 19.8 Å². The number of aliphatic carboxylic acids is 1. The topological polar surface area (TPSA) is 105 Å². The molecule has 3 rings (SSSR count). The maximum atomic E-state index is 12.8. The summed E-state index contributed by atoms with van der Waals surface area (Å²) in [4.78, 5) is 24.7. The van der Waals surface area contributed by atoms with Crippen molar-refractivity contribution in [1.29, 1.82) is 0 Å². The molecule has 0 spiro atoms. The molecule has 1 atom stereocenters. The molecular weight excluding hydrogens is 434 g/mol. The fourth-order valence-electron chi connectivity index (χ4n) is 3.99. The lowest BCUT2D eigenvalue weighted by atomic mass is 9.97. The molecule has 0 radical (unpaired) electrons. The maximum absolute atomic E-state index is 12.8. The lowest BCUT2D eigenvalue weighted by molar-refractivity contribution is -0.139. The summed E-state index contributed by atoms with van der Waals surface area (Å²) in [5.74, 6) is -0.398. The predicted molar refractivity (Wildman–Crippen MR) is 129 cm³/mol. The standard InChI is InChI=1S/C27H29NO6/c1-16-6-5-7-17(2)24(16)26(30)28-21(27(31)32)12-18-8-10-20(11-9-18)25-22(33-3)13-19(15-29)14-23(25)34-4/h5-11,13-14,21,29H,12,15H2,1-4H3,(H,28,30)(H,31,32). The summed E-state index contributed by atoms with van der Waals surface area (Å²) in [6, 6.07) is 15.2. The maximum Gasteiger partial charge on any atom is 0.326 e. The molecule has 7 heteroatoms. The summed E-state index contributed by atoms with van der Waals surface area (Å²) < 4.78 is 11.0. The number of aliphatic hydroxyl groups is 1. The lowest BCUT2D eigenvalue weighted by Gasteiger charge is -2.18. The minimum atomic E-state index is -1.11. The highest BCUT2D eigenvalue weighted by atomic mass is 16.5. The molecule has 0 fully saturated rings.